The van der Waals surface area contributed by atoms with E-state index in [4.69, 9.17) is 9.26 Å². The van der Waals surface area contributed by atoms with Gasteiger partial charge in [0.05, 0.1) is 25.7 Å². The van der Waals surface area contributed by atoms with E-state index in [1.54, 1.807) is 24.3 Å². The third-order valence-corrected chi connectivity index (χ3v) is 6.27. The fraction of sp³-hybridized carbons (Fsp3) is 0.364. The van der Waals surface area contributed by atoms with Gasteiger partial charge in [0.15, 0.2) is 8.03 Å². The maximum atomic E-state index is 12.6. The van der Waals surface area contributed by atoms with Crippen LogP contribution >= 0.6 is 8.03 Å². The maximum absolute atomic E-state index is 12.6. The Kier molecular flexibility index (Phi) is 9.10. The highest BCUT2D eigenvalue weighted by molar-refractivity contribution is 7.40. The molecule has 2 aromatic rings. The van der Waals surface area contributed by atoms with Gasteiger partial charge in [-0.1, -0.05) is 62.2 Å². The highest BCUT2D eigenvalue weighted by Crippen LogP contribution is 2.36. The van der Waals surface area contributed by atoms with Crippen LogP contribution < -0.4 is 0 Å². The average molecular weight is 418 g/mol. The number of carbonyl (C=O) groups excluding carboxylic acids is 1. The Morgan fingerprint density at radius 2 is 1.79 bits per heavy atom. The van der Waals surface area contributed by atoms with Crippen molar-refractivity contribution in [1.82, 2.24) is 0 Å². The van der Waals surface area contributed by atoms with Crippen LogP contribution in [0, 0.1) is 0 Å². The summed E-state index contributed by atoms with van der Waals surface area (Å²) in [6, 6.07) is 14.1. The predicted octanol–water partition coefficient (Wildman–Crippen LogP) is 5.17. The number of ether oxygens (including phenoxy) is 1. The van der Waals surface area contributed by atoms with Crippen LogP contribution in [-0.2, 0) is 25.2 Å². The summed E-state index contributed by atoms with van der Waals surface area (Å²) in [4.78, 5) is 23.0. The van der Waals surface area contributed by atoms with Gasteiger partial charge in [0.25, 0.3) is 0 Å². The summed E-state index contributed by atoms with van der Waals surface area (Å²) in [5, 5.41) is 9.34. The summed E-state index contributed by atoms with van der Waals surface area (Å²) in [5.74, 6) is -1.36. The van der Waals surface area contributed by atoms with Crippen molar-refractivity contribution >= 4 is 20.0 Å². The first-order valence-electron chi connectivity index (χ1n) is 9.61. The number of unbranched alkanes of at least 4 members (excludes halogenated alkanes) is 1. The van der Waals surface area contributed by atoms with E-state index in [2.05, 4.69) is 0 Å². The lowest BCUT2D eigenvalue weighted by molar-refractivity contribution is -0.140. The zero-order valence-corrected chi connectivity index (χ0v) is 17.7. The molecule has 0 aliphatic heterocycles. The average Bonchev–Trinajstić information content (AvgIpc) is 2.75. The van der Waals surface area contributed by atoms with Gasteiger partial charge in [-0.3, -0.25) is 9.36 Å². The van der Waals surface area contributed by atoms with Gasteiger partial charge in [0.2, 0.25) is 0 Å². The molecule has 156 valence electrons. The van der Waals surface area contributed by atoms with Crippen LogP contribution in [0.5, 0.6) is 0 Å². The van der Waals surface area contributed by atoms with Crippen molar-refractivity contribution < 1.29 is 28.5 Å². The van der Waals surface area contributed by atoms with E-state index in [-0.39, 0.29) is 30.2 Å². The molecule has 0 radical (unpaired) electrons. The Morgan fingerprint density at radius 3 is 2.41 bits per heavy atom. The predicted molar refractivity (Wildman–Crippen MR) is 113 cm³/mol. The molecular weight excluding hydrogens is 391 g/mol. The van der Waals surface area contributed by atoms with Crippen molar-refractivity contribution in [2.45, 2.75) is 44.9 Å². The van der Waals surface area contributed by atoms with E-state index >= 15 is 0 Å². The van der Waals surface area contributed by atoms with Crippen molar-refractivity contribution in [3.63, 3.8) is 0 Å². The molecule has 0 amide bonds. The van der Waals surface area contributed by atoms with E-state index in [9.17, 15) is 19.3 Å². The fourth-order valence-corrected chi connectivity index (χ4v) is 4.33. The maximum Gasteiger partial charge on any atom is 0.336 e. The molecule has 6 nitrogen and oxygen atoms in total. The minimum Gasteiger partial charge on any atom is -0.478 e. The standard InChI is InChI=1S/C22H27O6P/c1-3-4-7-18(14-21(23)27-2)29(26)28-15-16-10-12-17(13-11-16)19-8-5-6-9-20(19)22(24)25/h5-6,8-13,18,29H,3-4,7,14-15H2,1-2H3,(H,24,25). The zero-order chi connectivity index (χ0) is 21.2. The highest BCUT2D eigenvalue weighted by Gasteiger charge is 2.21. The first kappa shape index (κ1) is 22.9. The molecule has 2 unspecified atom stereocenters. The summed E-state index contributed by atoms with van der Waals surface area (Å²) in [6.07, 6.45) is 2.58. The fourth-order valence-electron chi connectivity index (χ4n) is 3.01. The van der Waals surface area contributed by atoms with E-state index in [0.29, 0.717) is 12.0 Å². The molecule has 2 aromatic carbocycles. The van der Waals surface area contributed by atoms with E-state index in [1.807, 2.05) is 31.2 Å². The van der Waals surface area contributed by atoms with Crippen LogP contribution in [0.4, 0.5) is 0 Å². The van der Waals surface area contributed by atoms with Crippen LogP contribution in [0.25, 0.3) is 11.1 Å². The second kappa shape index (κ2) is 11.5. The van der Waals surface area contributed by atoms with Gasteiger partial charge in [-0.2, -0.15) is 0 Å². The number of rotatable bonds is 11. The Balaban J connectivity index is 2.03. The number of hydrogen-bond donors (Lipinski definition) is 1. The molecule has 0 aliphatic carbocycles. The minimum atomic E-state index is -2.41. The van der Waals surface area contributed by atoms with Crippen molar-refractivity contribution in [2.24, 2.45) is 0 Å². The third kappa shape index (κ3) is 6.84. The molecule has 2 rings (SSSR count). The number of hydrogen-bond acceptors (Lipinski definition) is 5. The largest absolute Gasteiger partial charge is 0.478 e. The molecule has 0 aromatic heterocycles. The van der Waals surface area contributed by atoms with E-state index in [1.165, 1.54) is 7.11 Å². The molecule has 0 saturated heterocycles. The van der Waals surface area contributed by atoms with Crippen molar-refractivity contribution in [3.05, 3.63) is 59.7 Å². The molecule has 0 saturated carbocycles. The molecule has 29 heavy (non-hydrogen) atoms. The normalized spacial score (nSPS) is 12.9. The van der Waals surface area contributed by atoms with Gasteiger partial charge >= 0.3 is 11.9 Å². The third-order valence-electron chi connectivity index (χ3n) is 4.68. The number of methoxy groups -OCH3 is 1. The molecule has 0 fully saturated rings. The lowest BCUT2D eigenvalue weighted by Crippen LogP contribution is -2.12. The molecule has 0 heterocycles. The SMILES string of the molecule is CCCCC(CC(=O)OC)[PH](=O)OCc1ccc(-c2ccccc2C(=O)O)cc1. The van der Waals surface area contributed by atoms with Crippen LogP contribution in [0.3, 0.4) is 0 Å². The van der Waals surface area contributed by atoms with Gasteiger partial charge in [-0.05, 0) is 29.2 Å². The Bertz CT molecular complexity index is 847. The topological polar surface area (TPSA) is 89.9 Å². The smallest absolute Gasteiger partial charge is 0.336 e. The highest BCUT2D eigenvalue weighted by atomic mass is 31.1. The lowest BCUT2D eigenvalue weighted by Gasteiger charge is -2.15. The zero-order valence-electron chi connectivity index (χ0n) is 16.7. The summed E-state index contributed by atoms with van der Waals surface area (Å²) >= 11 is 0. The van der Waals surface area contributed by atoms with Gasteiger partial charge in [0.1, 0.15) is 0 Å². The van der Waals surface area contributed by atoms with Gasteiger partial charge < -0.3 is 14.4 Å². The molecular formula is C22H27O6P. The van der Waals surface area contributed by atoms with Crippen LogP contribution in [0.2, 0.25) is 0 Å². The Hall–Kier alpha value is -2.43. The monoisotopic (exact) mass is 418 g/mol. The summed E-state index contributed by atoms with van der Waals surface area (Å²) < 4.78 is 22.9. The van der Waals surface area contributed by atoms with Crippen molar-refractivity contribution in [2.75, 3.05) is 7.11 Å². The van der Waals surface area contributed by atoms with Crippen LogP contribution in [-0.4, -0.2) is 29.8 Å². The first-order valence-corrected chi connectivity index (χ1v) is 11.0. The molecule has 2 atom stereocenters. The summed E-state index contributed by atoms with van der Waals surface area (Å²) in [5.41, 5.74) is 2.16. The van der Waals surface area contributed by atoms with Gasteiger partial charge in [-0.15, -0.1) is 0 Å². The van der Waals surface area contributed by atoms with Crippen LogP contribution in [0.1, 0.15) is 48.5 Å². The second-order valence-electron chi connectivity index (χ2n) is 6.77. The number of benzene rings is 2. The summed E-state index contributed by atoms with van der Waals surface area (Å²) in [6.45, 7) is 2.21. The Morgan fingerprint density at radius 1 is 1.10 bits per heavy atom. The molecule has 0 bridgehead atoms. The van der Waals surface area contributed by atoms with Gasteiger partial charge in [0, 0.05) is 5.66 Å². The first-order chi connectivity index (χ1) is 14.0. The lowest BCUT2D eigenvalue weighted by atomic mass is 9.99. The van der Waals surface area contributed by atoms with Crippen molar-refractivity contribution in [1.29, 1.82) is 0 Å². The van der Waals surface area contributed by atoms with E-state index in [0.717, 1.165) is 24.0 Å². The quantitative estimate of drug-likeness (QED) is 0.400. The van der Waals surface area contributed by atoms with Crippen LogP contribution in [0.15, 0.2) is 48.5 Å². The number of carboxylic acid groups (broad SMARTS) is 1. The number of carboxylic acids is 1. The van der Waals surface area contributed by atoms with Gasteiger partial charge in [-0.25, -0.2) is 4.79 Å². The number of carbonyl (C=O) groups is 2. The second-order valence-corrected chi connectivity index (χ2v) is 8.52. The summed E-state index contributed by atoms with van der Waals surface area (Å²) in [7, 11) is -1.09. The minimum absolute atomic E-state index is 0.0964. The molecule has 7 heteroatoms. The molecule has 1 N–H and O–H groups in total. The molecule has 0 aliphatic rings. The van der Waals surface area contributed by atoms with E-state index < -0.39 is 14.0 Å². The van der Waals surface area contributed by atoms with Crippen molar-refractivity contribution in [3.8, 4) is 11.1 Å². The molecule has 0 spiro atoms. The number of aromatic carboxylic acids is 1. The Labute approximate surface area is 171 Å². The number of esters is 1.